The van der Waals surface area contributed by atoms with Crippen LogP contribution < -0.4 is 0 Å². The lowest BCUT2D eigenvalue weighted by Crippen LogP contribution is -2.49. The molecule has 0 saturated carbocycles. The first-order valence-electron chi connectivity index (χ1n) is 45.1. The number of pyridine rings is 1. The molecule has 133 heavy (non-hydrogen) atoms. The summed E-state index contributed by atoms with van der Waals surface area (Å²) in [6.07, 6.45) is 16.8. The van der Waals surface area contributed by atoms with Crippen molar-refractivity contribution < 1.29 is 57.3 Å². The molecule has 0 spiro atoms. The number of rotatable bonds is 24. The second-order valence-corrected chi connectivity index (χ2v) is 34.9. The summed E-state index contributed by atoms with van der Waals surface area (Å²) >= 11 is 6.28. The number of piperazine rings is 4. The van der Waals surface area contributed by atoms with Gasteiger partial charge in [-0.25, -0.2) is 52.9 Å². The summed E-state index contributed by atoms with van der Waals surface area (Å²) in [4.78, 5) is 132. The van der Waals surface area contributed by atoms with Crippen LogP contribution in [0.4, 0.5) is 0 Å². The van der Waals surface area contributed by atoms with Gasteiger partial charge in [0, 0.05) is 159 Å². The number of ether oxygens (including phenoxy) is 4. The number of cyclic esters (lactones) is 4. The van der Waals surface area contributed by atoms with Crippen molar-refractivity contribution in [3.8, 4) is 22.7 Å². The minimum atomic E-state index is -0.339. The molecule has 0 bridgehead atoms. The third kappa shape index (κ3) is 22.1. The molecule has 0 aliphatic carbocycles. The van der Waals surface area contributed by atoms with Gasteiger partial charge in [0.25, 0.3) is 0 Å². The molecule has 4 saturated heterocycles. The van der Waals surface area contributed by atoms with E-state index in [9.17, 15) is 38.4 Å². The topological polar surface area (TPSA) is 348 Å². The number of nitrogens with zero attached hydrogens (tertiary/aromatic N) is 22. The number of amides is 4. The first kappa shape index (κ1) is 91.0. The molecule has 1 unspecified atom stereocenters. The molecule has 1 atom stereocenters. The molecule has 686 valence electrons. The number of fused-ring (bicyclic) bond motifs is 4. The number of hydrogen-bond acceptors (Lipinski definition) is 26. The van der Waals surface area contributed by atoms with Crippen LogP contribution in [0.15, 0.2) is 184 Å². The summed E-state index contributed by atoms with van der Waals surface area (Å²) in [5.41, 5.74) is 22.1. The molecule has 0 N–H and O–H groups in total. The first-order chi connectivity index (χ1) is 64.7. The second-order valence-electron chi connectivity index (χ2n) is 34.5. The van der Waals surface area contributed by atoms with Gasteiger partial charge in [-0.3, -0.25) is 43.8 Å². The van der Waals surface area contributed by atoms with Crippen molar-refractivity contribution >= 4 is 59.1 Å². The lowest BCUT2D eigenvalue weighted by atomic mass is 9.90. The van der Waals surface area contributed by atoms with E-state index in [1.165, 1.54) is 47.6 Å². The molecule has 34 nitrogen and oxygen atoms in total. The highest BCUT2D eigenvalue weighted by Crippen LogP contribution is 2.34. The van der Waals surface area contributed by atoms with Crippen molar-refractivity contribution in [2.45, 2.75) is 105 Å². The number of aromatic nitrogens is 14. The first-order valence-corrected chi connectivity index (χ1v) is 45.5. The number of carbonyl (C=O) groups is 8. The molecular formula is C98H105ClN22O12. The zero-order valence-corrected chi connectivity index (χ0v) is 75.7. The quantitative estimate of drug-likeness (QED) is 0.0404. The molecule has 13 heterocycles. The van der Waals surface area contributed by atoms with Crippen LogP contribution in [0.2, 0.25) is 5.02 Å². The van der Waals surface area contributed by atoms with E-state index >= 15 is 0 Å². The van der Waals surface area contributed by atoms with E-state index in [1.54, 1.807) is 43.9 Å². The number of tetrazole rings is 1. The highest BCUT2D eigenvalue weighted by Gasteiger charge is 2.33. The van der Waals surface area contributed by atoms with E-state index in [-0.39, 0.29) is 47.5 Å². The lowest BCUT2D eigenvalue weighted by molar-refractivity contribution is -0.133. The Morgan fingerprint density at radius 3 is 1.29 bits per heavy atom. The monoisotopic (exact) mass is 1820 g/mol. The van der Waals surface area contributed by atoms with Crippen molar-refractivity contribution in [1.82, 2.24) is 109 Å². The number of halogens is 1. The van der Waals surface area contributed by atoms with Gasteiger partial charge < -0.3 is 38.5 Å². The molecular weight excluding hydrogens is 1710 g/mol. The normalized spacial score (nSPS) is 16.2. The van der Waals surface area contributed by atoms with Crippen LogP contribution in [-0.4, -0.2) is 287 Å². The highest BCUT2D eigenvalue weighted by molar-refractivity contribution is 6.34. The summed E-state index contributed by atoms with van der Waals surface area (Å²) in [5, 5.41) is 24.0. The Kier molecular flexibility index (Phi) is 28.8. The fourth-order valence-corrected chi connectivity index (χ4v) is 18.6. The number of hydrogen-bond donors (Lipinski definition) is 0. The second kappa shape index (κ2) is 42.1. The standard InChI is InChI=1S/C26H29N5O3.C24H24ClN5O3.2C24H26N6O3/c1-18(22-7-8-23-24(19(22)2)15-34-26(23)33)14-29-9-11-30(12-10-29)25(32)13-20-3-5-21(6-4-20)31-17-27-16-28-31;25-21-12-18(11-19-14-33-24(32)23(19)21)5-6-28-7-9-29(10-8-28)22(31)13-17-1-3-20(4-2-17)30-16-26-15-27-30;1-17-18(2-5-21-22(17)14-33-24(21)32)6-7-28-8-10-29(11-9-28)23(31)12-19-3-4-20(13-26-19)30-16-25-15-27-30;1-17-19(5-6-21-22(17)15-33-24(21)32)7-8-28-9-11-29(12-10-28)23(31)14-18-3-2-4-20(13-18)30-16-25-26-27-30/h3-8,16-18H,9-15H2,1-2H3;1-4,11-12,15-16H,5-10,13-14H2;2-5,13,15-16H,6-12,14H2,1H3;2-6,13,16H,7-12,14-15H2,1H3. The molecule has 12 aromatic rings. The van der Waals surface area contributed by atoms with E-state index in [0.29, 0.717) is 85.3 Å². The fraction of sp³-hybridized carbons (Fsp3) is 0.367. The summed E-state index contributed by atoms with van der Waals surface area (Å²) in [7, 11) is 0. The maximum absolute atomic E-state index is 12.9. The van der Waals surface area contributed by atoms with Crippen LogP contribution in [0.1, 0.15) is 138 Å². The van der Waals surface area contributed by atoms with Gasteiger partial charge in [0.2, 0.25) is 23.6 Å². The van der Waals surface area contributed by atoms with Crippen LogP contribution in [0, 0.1) is 20.8 Å². The van der Waals surface area contributed by atoms with Crippen molar-refractivity contribution in [3.63, 3.8) is 0 Å². The third-order valence-electron chi connectivity index (χ3n) is 26.3. The summed E-state index contributed by atoms with van der Waals surface area (Å²) in [6, 6.07) is 42.9. The minimum absolute atomic E-state index is 0.106. The predicted octanol–water partition coefficient (Wildman–Crippen LogP) is 8.40. The van der Waals surface area contributed by atoms with Crippen molar-refractivity contribution in [2.75, 3.05) is 131 Å². The van der Waals surface area contributed by atoms with Gasteiger partial charge in [0.1, 0.15) is 70.7 Å². The van der Waals surface area contributed by atoms with Gasteiger partial charge in [-0.05, 0) is 185 Å². The molecule has 35 heteroatoms. The van der Waals surface area contributed by atoms with Crippen LogP contribution in [0.3, 0.4) is 0 Å². The van der Waals surface area contributed by atoms with E-state index in [0.717, 1.165) is 234 Å². The summed E-state index contributed by atoms with van der Waals surface area (Å²) in [5.74, 6) is -0.0927. The maximum atomic E-state index is 12.9. The van der Waals surface area contributed by atoms with Crippen LogP contribution >= 0.6 is 11.6 Å². The molecule has 7 aromatic carbocycles. The maximum Gasteiger partial charge on any atom is 0.340 e. The van der Waals surface area contributed by atoms with E-state index in [1.807, 2.05) is 147 Å². The van der Waals surface area contributed by atoms with Crippen LogP contribution in [0.5, 0.6) is 0 Å². The van der Waals surface area contributed by atoms with Gasteiger partial charge in [-0.2, -0.15) is 15.3 Å². The Balaban J connectivity index is 0.000000124. The molecule has 4 fully saturated rings. The Morgan fingerprint density at radius 2 is 0.835 bits per heavy atom. The van der Waals surface area contributed by atoms with Gasteiger partial charge in [0.05, 0.1) is 81.9 Å². The van der Waals surface area contributed by atoms with Crippen molar-refractivity contribution in [2.24, 2.45) is 0 Å². The highest BCUT2D eigenvalue weighted by atomic mass is 35.5. The van der Waals surface area contributed by atoms with E-state index in [2.05, 4.69) is 104 Å². The molecule has 20 rings (SSSR count). The minimum Gasteiger partial charge on any atom is -0.457 e. The average molecular weight is 1820 g/mol. The van der Waals surface area contributed by atoms with Crippen molar-refractivity contribution in [1.29, 1.82) is 0 Å². The largest absolute Gasteiger partial charge is 0.457 e. The Morgan fingerprint density at radius 1 is 0.398 bits per heavy atom. The van der Waals surface area contributed by atoms with Crippen molar-refractivity contribution in [3.05, 3.63) is 295 Å². The lowest BCUT2D eigenvalue weighted by Gasteiger charge is -2.36. The zero-order valence-electron chi connectivity index (χ0n) is 74.9. The average Bonchev–Trinajstić information content (AvgIpc) is 1.66. The van der Waals surface area contributed by atoms with E-state index < -0.39 is 0 Å². The fourth-order valence-electron chi connectivity index (χ4n) is 18.3. The SMILES string of the molecule is Cc1c(C(C)CN2CCN(C(=O)Cc3ccc(-n4cncn4)cc3)CC2)ccc2c1COC2=O.Cc1c(CCN2CCN(C(=O)Cc3ccc(-n4cncn4)cn3)CC2)ccc2c1COC2=O.Cc1c(CCN2CCN(C(=O)Cc3cccc(-n4cnnn4)c3)CC2)ccc2c1COC2=O.O=C1OCc2cc(CCN3CCN(C(=O)Cc4ccc(-n5cncn5)cc4)CC3)cc(Cl)c21. The van der Waals surface area contributed by atoms with Gasteiger partial charge in [-0.15, -0.1) is 5.10 Å². The smallest absolute Gasteiger partial charge is 0.340 e. The Labute approximate surface area is 774 Å². The molecule has 8 aliphatic heterocycles. The summed E-state index contributed by atoms with van der Waals surface area (Å²) in [6.45, 7) is 26.3. The number of carbonyl (C=O) groups excluding carboxylic acids is 8. The Hall–Kier alpha value is -13.9. The van der Waals surface area contributed by atoms with Gasteiger partial charge in [0.15, 0.2) is 0 Å². The summed E-state index contributed by atoms with van der Waals surface area (Å²) < 4.78 is 27.2. The van der Waals surface area contributed by atoms with Gasteiger partial charge in [-0.1, -0.05) is 79.2 Å². The van der Waals surface area contributed by atoms with E-state index in [4.69, 9.17) is 30.5 Å². The third-order valence-corrected chi connectivity index (χ3v) is 26.6. The van der Waals surface area contributed by atoms with Gasteiger partial charge >= 0.3 is 23.9 Å². The van der Waals surface area contributed by atoms with Crippen LogP contribution in [-0.2, 0) is 109 Å². The predicted molar refractivity (Wildman–Crippen MR) is 489 cm³/mol. The zero-order chi connectivity index (χ0) is 92.0. The molecule has 4 amide bonds. The van der Waals surface area contributed by atoms with Crippen LogP contribution in [0.25, 0.3) is 22.7 Å². The Bertz CT molecular complexity index is 6150. The number of benzene rings is 7. The molecule has 5 aromatic heterocycles. The number of esters is 4. The molecule has 8 aliphatic rings. The molecule has 0 radical (unpaired) electrons.